The summed E-state index contributed by atoms with van der Waals surface area (Å²) in [5.74, 6) is 4.01. The second-order valence-electron chi connectivity index (χ2n) is 9.94. The van der Waals surface area contributed by atoms with E-state index in [2.05, 4.69) is 28.0 Å². The summed E-state index contributed by atoms with van der Waals surface area (Å²) in [6.45, 7) is 4.40. The van der Waals surface area contributed by atoms with Crippen LogP contribution in [-0.2, 0) is 6.61 Å². The number of aromatic nitrogens is 1. The molecule has 5 aliphatic rings. The maximum atomic E-state index is 9.94. The van der Waals surface area contributed by atoms with E-state index < -0.39 is 0 Å². The minimum Gasteiger partial charge on any atom is -0.392 e. The van der Waals surface area contributed by atoms with Crippen molar-refractivity contribution < 1.29 is 5.11 Å². The van der Waals surface area contributed by atoms with Crippen molar-refractivity contribution in [3.8, 4) is 0 Å². The number of pyridine rings is 1. The standard InChI is InChI=1S/C24H31N3O/c28-16-21-12-20-3-1-2-4-22(20)25-23(21)26-5-7-27(8-6-26)24-13-17-9-18(14-24)11-19(10-17)15-24/h1-4,12,17-19,28H,5-11,13-16H2. The van der Waals surface area contributed by atoms with Gasteiger partial charge in [-0.25, -0.2) is 4.98 Å². The first-order chi connectivity index (χ1) is 13.7. The second-order valence-corrected chi connectivity index (χ2v) is 9.94. The lowest BCUT2D eigenvalue weighted by atomic mass is 9.52. The van der Waals surface area contributed by atoms with Gasteiger partial charge in [0.25, 0.3) is 0 Å². The molecule has 28 heavy (non-hydrogen) atoms. The minimum atomic E-state index is 0.0579. The highest BCUT2D eigenvalue weighted by molar-refractivity contribution is 5.81. The summed E-state index contributed by atoms with van der Waals surface area (Å²) in [7, 11) is 0. The van der Waals surface area contributed by atoms with E-state index in [0.29, 0.717) is 5.54 Å². The summed E-state index contributed by atoms with van der Waals surface area (Å²) in [5, 5.41) is 11.1. The zero-order chi connectivity index (χ0) is 18.7. The monoisotopic (exact) mass is 377 g/mol. The summed E-state index contributed by atoms with van der Waals surface area (Å²) in [4.78, 5) is 10.2. The summed E-state index contributed by atoms with van der Waals surface area (Å²) < 4.78 is 0. The van der Waals surface area contributed by atoms with Crippen molar-refractivity contribution in [3.63, 3.8) is 0 Å². The molecule has 1 N–H and O–H groups in total. The van der Waals surface area contributed by atoms with Gasteiger partial charge in [-0.3, -0.25) is 4.90 Å². The smallest absolute Gasteiger partial charge is 0.134 e. The van der Waals surface area contributed by atoms with Crippen molar-refractivity contribution >= 4 is 16.7 Å². The fourth-order valence-electron chi connectivity index (χ4n) is 7.38. The summed E-state index contributed by atoms with van der Waals surface area (Å²) in [6, 6.07) is 10.4. The van der Waals surface area contributed by atoms with E-state index in [1.165, 1.54) is 38.5 Å². The molecule has 148 valence electrons. The summed E-state index contributed by atoms with van der Waals surface area (Å²) in [5.41, 5.74) is 2.50. The Morgan fingerprint density at radius 3 is 2.21 bits per heavy atom. The van der Waals surface area contributed by atoms with Crippen LogP contribution in [0.25, 0.3) is 10.9 Å². The van der Waals surface area contributed by atoms with Gasteiger partial charge in [-0.05, 0) is 68.4 Å². The molecule has 4 heteroatoms. The fraction of sp³-hybridized carbons (Fsp3) is 0.625. The SMILES string of the molecule is OCc1cc2ccccc2nc1N1CCN(C23CC4CC(CC(C4)C2)C3)CC1. The fourth-order valence-corrected chi connectivity index (χ4v) is 7.38. The molecule has 1 aromatic heterocycles. The molecule has 4 aliphatic carbocycles. The van der Waals surface area contributed by atoms with E-state index in [-0.39, 0.29) is 6.61 Å². The highest BCUT2D eigenvalue weighted by atomic mass is 16.3. The Kier molecular flexibility index (Phi) is 3.96. The first-order valence-electron chi connectivity index (χ1n) is 11.2. The number of aliphatic hydroxyl groups excluding tert-OH is 1. The lowest BCUT2D eigenvalue weighted by molar-refractivity contribution is -0.0901. The van der Waals surface area contributed by atoms with Crippen LogP contribution in [0.4, 0.5) is 5.82 Å². The van der Waals surface area contributed by atoms with Crippen LogP contribution in [0.15, 0.2) is 30.3 Å². The number of anilines is 1. The third-order valence-electron chi connectivity index (χ3n) is 8.21. The Bertz CT molecular complexity index is 851. The molecule has 2 aromatic rings. The highest BCUT2D eigenvalue weighted by Crippen LogP contribution is 2.57. The van der Waals surface area contributed by atoms with Crippen molar-refractivity contribution in [2.75, 3.05) is 31.1 Å². The molecular formula is C24H31N3O. The number of piperazine rings is 1. The maximum Gasteiger partial charge on any atom is 0.134 e. The van der Waals surface area contributed by atoms with E-state index in [0.717, 1.165) is 66.2 Å². The number of rotatable bonds is 3. The molecule has 0 amide bonds. The Morgan fingerprint density at radius 1 is 0.929 bits per heavy atom. The highest BCUT2D eigenvalue weighted by Gasteiger charge is 2.53. The summed E-state index contributed by atoms with van der Waals surface area (Å²) in [6.07, 6.45) is 8.90. The van der Waals surface area contributed by atoms with Crippen LogP contribution in [0.2, 0.25) is 0 Å². The van der Waals surface area contributed by atoms with Crippen LogP contribution in [0.3, 0.4) is 0 Å². The minimum absolute atomic E-state index is 0.0579. The van der Waals surface area contributed by atoms with Crippen molar-refractivity contribution in [1.82, 2.24) is 9.88 Å². The normalized spacial score (nSPS) is 35.0. The van der Waals surface area contributed by atoms with Crippen molar-refractivity contribution in [1.29, 1.82) is 0 Å². The molecule has 1 aliphatic heterocycles. The Hall–Kier alpha value is -1.65. The second kappa shape index (κ2) is 6.43. The van der Waals surface area contributed by atoms with Gasteiger partial charge < -0.3 is 10.0 Å². The zero-order valence-corrected chi connectivity index (χ0v) is 16.7. The first-order valence-corrected chi connectivity index (χ1v) is 11.2. The third-order valence-corrected chi connectivity index (χ3v) is 8.21. The molecule has 4 saturated carbocycles. The number of benzene rings is 1. The Balaban J connectivity index is 1.23. The molecular weight excluding hydrogens is 346 g/mol. The van der Waals surface area contributed by atoms with Crippen molar-refractivity contribution in [2.24, 2.45) is 17.8 Å². The van der Waals surface area contributed by atoms with Crippen molar-refractivity contribution in [3.05, 3.63) is 35.9 Å². The van der Waals surface area contributed by atoms with Gasteiger partial charge in [0.15, 0.2) is 0 Å². The first kappa shape index (κ1) is 17.2. The van der Waals surface area contributed by atoms with Crippen LogP contribution in [0.1, 0.15) is 44.1 Å². The molecule has 1 saturated heterocycles. The number of fused-ring (bicyclic) bond motifs is 1. The van der Waals surface area contributed by atoms with Gasteiger partial charge >= 0.3 is 0 Å². The van der Waals surface area contributed by atoms with Crippen LogP contribution in [0, 0.1) is 17.8 Å². The van der Waals surface area contributed by atoms with Gasteiger partial charge in [0.1, 0.15) is 5.82 Å². The largest absolute Gasteiger partial charge is 0.392 e. The van der Waals surface area contributed by atoms with Crippen LogP contribution in [-0.4, -0.2) is 46.7 Å². The van der Waals surface area contributed by atoms with Crippen LogP contribution >= 0.6 is 0 Å². The maximum absolute atomic E-state index is 9.94. The van der Waals surface area contributed by atoms with Gasteiger partial charge in [0.05, 0.1) is 12.1 Å². The van der Waals surface area contributed by atoms with Crippen LogP contribution < -0.4 is 4.90 Å². The van der Waals surface area contributed by atoms with Gasteiger partial charge in [-0.15, -0.1) is 0 Å². The Morgan fingerprint density at radius 2 is 1.57 bits per heavy atom. The lowest BCUT2D eigenvalue weighted by Gasteiger charge is -2.61. The molecule has 1 aromatic carbocycles. The van der Waals surface area contributed by atoms with E-state index in [1.54, 1.807) is 0 Å². The molecule has 4 bridgehead atoms. The number of hydrogen-bond donors (Lipinski definition) is 1. The zero-order valence-electron chi connectivity index (χ0n) is 16.7. The number of nitrogens with zero attached hydrogens (tertiary/aromatic N) is 3. The predicted octanol–water partition coefficient (Wildman–Crippen LogP) is 3.82. The van der Waals surface area contributed by atoms with E-state index in [1.807, 2.05) is 12.1 Å². The molecule has 4 nitrogen and oxygen atoms in total. The average Bonchev–Trinajstić information content (AvgIpc) is 2.72. The number of aliphatic hydroxyl groups is 1. The third kappa shape index (κ3) is 2.68. The van der Waals surface area contributed by atoms with Gasteiger partial charge in [0.2, 0.25) is 0 Å². The van der Waals surface area contributed by atoms with Gasteiger partial charge in [0, 0.05) is 42.7 Å². The van der Waals surface area contributed by atoms with E-state index in [4.69, 9.17) is 4.98 Å². The lowest BCUT2D eigenvalue weighted by Crippen LogP contribution is -2.64. The number of hydrogen-bond acceptors (Lipinski definition) is 4. The van der Waals surface area contributed by atoms with Crippen molar-refractivity contribution in [2.45, 2.75) is 50.7 Å². The predicted molar refractivity (Wildman–Crippen MR) is 112 cm³/mol. The Labute approximate surface area is 167 Å². The topological polar surface area (TPSA) is 39.6 Å². The van der Waals surface area contributed by atoms with Crippen LogP contribution in [0.5, 0.6) is 0 Å². The molecule has 0 spiro atoms. The van der Waals surface area contributed by atoms with E-state index in [9.17, 15) is 5.11 Å². The molecule has 0 atom stereocenters. The summed E-state index contributed by atoms with van der Waals surface area (Å²) >= 11 is 0. The van der Waals surface area contributed by atoms with E-state index >= 15 is 0 Å². The molecule has 0 unspecified atom stereocenters. The van der Waals surface area contributed by atoms with Gasteiger partial charge in [-0.1, -0.05) is 18.2 Å². The quantitative estimate of drug-likeness (QED) is 0.883. The number of para-hydroxylation sites is 1. The average molecular weight is 378 g/mol. The molecule has 0 radical (unpaired) electrons. The molecule has 7 rings (SSSR count). The molecule has 5 fully saturated rings. The van der Waals surface area contributed by atoms with Gasteiger partial charge in [-0.2, -0.15) is 0 Å². The molecule has 2 heterocycles.